The number of rotatable bonds is 9. The van der Waals surface area contributed by atoms with Gasteiger partial charge >= 0.3 is 5.97 Å². The quantitative estimate of drug-likeness (QED) is 0.0857. The predicted octanol–water partition coefficient (Wildman–Crippen LogP) is 10.8. The van der Waals surface area contributed by atoms with Crippen molar-refractivity contribution in [1.29, 1.82) is 0 Å². The van der Waals surface area contributed by atoms with Gasteiger partial charge in [-0.05, 0) is 121 Å². The van der Waals surface area contributed by atoms with Crippen LogP contribution < -0.4 is 4.74 Å². The Balaban J connectivity index is 1.33. The summed E-state index contributed by atoms with van der Waals surface area (Å²) in [6.07, 6.45) is 5.43. The van der Waals surface area contributed by atoms with Crippen LogP contribution in [-0.4, -0.2) is 32.7 Å². The number of esters is 1. The first-order valence-electron chi connectivity index (χ1n) is 19.0. The highest BCUT2D eigenvalue weighted by Crippen LogP contribution is 2.58. The summed E-state index contributed by atoms with van der Waals surface area (Å²) in [4.78, 5) is 30.0. The molecule has 53 heavy (non-hydrogen) atoms. The van der Waals surface area contributed by atoms with Gasteiger partial charge in [0.05, 0.1) is 21.5 Å². The molecule has 7 rings (SSSR count). The van der Waals surface area contributed by atoms with Crippen LogP contribution in [-0.2, 0) is 27.9 Å². The second-order valence-electron chi connectivity index (χ2n) is 17.0. The van der Waals surface area contributed by atoms with Crippen molar-refractivity contribution in [2.75, 3.05) is 6.61 Å². The van der Waals surface area contributed by atoms with Crippen LogP contribution in [0.25, 0.3) is 33.5 Å². The zero-order valence-corrected chi connectivity index (χ0v) is 32.1. The van der Waals surface area contributed by atoms with Gasteiger partial charge in [-0.3, -0.25) is 10.1 Å². The van der Waals surface area contributed by atoms with E-state index >= 15 is 0 Å². The van der Waals surface area contributed by atoms with Gasteiger partial charge in [0.2, 0.25) is 0 Å². The lowest BCUT2D eigenvalue weighted by Crippen LogP contribution is -2.50. The van der Waals surface area contributed by atoms with E-state index in [1.807, 2.05) is 18.2 Å². The summed E-state index contributed by atoms with van der Waals surface area (Å²) < 4.78 is 13.5. The Labute approximate surface area is 312 Å². The normalized spacial score (nSPS) is 21.2. The van der Waals surface area contributed by atoms with E-state index in [-0.39, 0.29) is 28.0 Å². The second kappa shape index (κ2) is 13.8. The first-order chi connectivity index (χ1) is 25.1. The molecule has 3 atom stereocenters. The first kappa shape index (κ1) is 36.4. The molecule has 8 heteroatoms. The largest absolute Gasteiger partial charge is 0.482 e. The SMILES string of the molecule is CC(C)c1ccc2c(c1)CC[C@H]1[C@@](C)(Cn3c(-c4cc(OCC(=O)OC(C)(C)C)ccc4[N+](=O)[O-])nc4cc(-c5ccccc5)ccc43)CCC[C@]21C. The monoisotopic (exact) mass is 713 g/mol. The lowest BCUT2D eigenvalue weighted by Gasteiger charge is -2.56. The van der Waals surface area contributed by atoms with E-state index < -0.39 is 11.6 Å². The van der Waals surface area contributed by atoms with Crippen LogP contribution in [0.3, 0.4) is 0 Å². The van der Waals surface area contributed by atoms with E-state index in [2.05, 4.69) is 80.8 Å². The fourth-order valence-corrected chi connectivity index (χ4v) is 9.32. The third-order valence-electron chi connectivity index (χ3n) is 11.7. The molecule has 276 valence electrons. The minimum Gasteiger partial charge on any atom is -0.482 e. The molecule has 0 N–H and O–H groups in total. The summed E-state index contributed by atoms with van der Waals surface area (Å²) in [6, 6.07) is 28.3. The van der Waals surface area contributed by atoms with Crippen molar-refractivity contribution in [3.8, 4) is 28.3 Å². The number of aromatic nitrogens is 2. The number of aryl methyl sites for hydroxylation is 1. The highest BCUT2D eigenvalue weighted by Gasteiger charge is 2.52. The van der Waals surface area contributed by atoms with Gasteiger partial charge in [-0.2, -0.15) is 0 Å². The molecule has 5 aromatic rings. The van der Waals surface area contributed by atoms with E-state index in [4.69, 9.17) is 14.5 Å². The molecule has 0 unspecified atom stereocenters. The maximum absolute atomic E-state index is 12.6. The van der Waals surface area contributed by atoms with Crippen LogP contribution in [0.2, 0.25) is 0 Å². The average Bonchev–Trinajstić information content (AvgIpc) is 3.46. The van der Waals surface area contributed by atoms with Crippen LogP contribution in [0.1, 0.15) is 96.8 Å². The molecule has 1 saturated carbocycles. The fourth-order valence-electron chi connectivity index (χ4n) is 9.32. The van der Waals surface area contributed by atoms with Crippen molar-refractivity contribution in [2.45, 2.75) is 104 Å². The molecule has 4 aromatic carbocycles. The number of hydrogen-bond acceptors (Lipinski definition) is 6. The summed E-state index contributed by atoms with van der Waals surface area (Å²) in [5, 5.41) is 12.6. The summed E-state index contributed by atoms with van der Waals surface area (Å²) in [5.74, 6) is 1.24. The fraction of sp³-hybridized carbons (Fsp3) is 0.422. The maximum Gasteiger partial charge on any atom is 0.344 e. The Morgan fingerprint density at radius 3 is 2.47 bits per heavy atom. The number of benzene rings is 4. The number of nitro groups is 1. The average molecular weight is 714 g/mol. The number of hydrogen-bond donors (Lipinski definition) is 0. The second-order valence-corrected chi connectivity index (χ2v) is 17.0. The van der Waals surface area contributed by atoms with Crippen LogP contribution in [0, 0.1) is 21.4 Å². The molecule has 1 fully saturated rings. The van der Waals surface area contributed by atoms with E-state index in [1.54, 1.807) is 26.8 Å². The molecule has 2 aliphatic carbocycles. The number of carbonyl (C=O) groups is 1. The van der Waals surface area contributed by atoms with E-state index in [1.165, 1.54) is 28.8 Å². The third-order valence-corrected chi connectivity index (χ3v) is 11.7. The van der Waals surface area contributed by atoms with Gasteiger partial charge in [-0.25, -0.2) is 9.78 Å². The van der Waals surface area contributed by atoms with Crippen LogP contribution in [0.4, 0.5) is 5.69 Å². The molecule has 0 amide bonds. The summed E-state index contributed by atoms with van der Waals surface area (Å²) in [6.45, 7) is 15.1. The topological polar surface area (TPSA) is 96.5 Å². The smallest absolute Gasteiger partial charge is 0.344 e. The van der Waals surface area contributed by atoms with Gasteiger partial charge in [0, 0.05) is 12.6 Å². The predicted molar refractivity (Wildman–Crippen MR) is 210 cm³/mol. The molecule has 0 spiro atoms. The maximum atomic E-state index is 12.6. The Morgan fingerprint density at radius 2 is 1.75 bits per heavy atom. The van der Waals surface area contributed by atoms with Gasteiger partial charge in [-0.1, -0.05) is 88.7 Å². The molecule has 0 bridgehead atoms. The number of nitro benzene ring substituents is 1. The number of nitrogens with zero attached hydrogens (tertiary/aromatic N) is 3. The van der Waals surface area contributed by atoms with Gasteiger partial charge < -0.3 is 14.0 Å². The molecule has 8 nitrogen and oxygen atoms in total. The molecular weight excluding hydrogens is 663 g/mol. The lowest BCUT2D eigenvalue weighted by atomic mass is 9.49. The number of imidazole rings is 1. The Morgan fingerprint density at radius 1 is 0.981 bits per heavy atom. The Bertz CT molecular complexity index is 2180. The van der Waals surface area contributed by atoms with Crippen molar-refractivity contribution in [3.63, 3.8) is 0 Å². The summed E-state index contributed by atoms with van der Waals surface area (Å²) in [5.41, 5.74) is 7.71. The molecule has 0 radical (unpaired) electrons. The van der Waals surface area contributed by atoms with Gasteiger partial charge in [-0.15, -0.1) is 0 Å². The molecular formula is C45H51N3O5. The highest BCUT2D eigenvalue weighted by molar-refractivity contribution is 5.87. The summed E-state index contributed by atoms with van der Waals surface area (Å²) in [7, 11) is 0. The first-order valence-corrected chi connectivity index (χ1v) is 19.0. The molecule has 2 aliphatic rings. The highest BCUT2D eigenvalue weighted by atomic mass is 16.6. The van der Waals surface area contributed by atoms with E-state index in [9.17, 15) is 14.9 Å². The lowest BCUT2D eigenvalue weighted by molar-refractivity contribution is -0.384. The van der Waals surface area contributed by atoms with Crippen molar-refractivity contribution in [2.24, 2.45) is 11.3 Å². The van der Waals surface area contributed by atoms with Crippen LogP contribution in [0.15, 0.2) is 84.9 Å². The zero-order valence-electron chi connectivity index (χ0n) is 32.1. The van der Waals surface area contributed by atoms with Crippen molar-refractivity contribution in [3.05, 3.63) is 112 Å². The van der Waals surface area contributed by atoms with Gasteiger partial charge in [0.25, 0.3) is 5.69 Å². The van der Waals surface area contributed by atoms with Crippen molar-refractivity contribution >= 4 is 22.7 Å². The number of carbonyl (C=O) groups excluding carboxylic acids is 1. The van der Waals surface area contributed by atoms with Gasteiger partial charge in [0.15, 0.2) is 6.61 Å². The van der Waals surface area contributed by atoms with Gasteiger partial charge in [0.1, 0.15) is 17.2 Å². The minimum atomic E-state index is -0.659. The standard InChI is InChI=1S/C45H51N3O5/c1-29(2)31-14-18-36-33(24-31)16-21-40-44(6,22-11-23-45(36,40)7)28-47-39-19-15-32(30-12-9-8-10-13-30)25-37(39)46-42(47)35-26-34(17-20-38(35)48(50)51)52-27-41(49)53-43(3,4)5/h8-10,12-15,17-20,24-26,29,40H,11,16,21-23,27-28H2,1-7H3/t40-,44+,45+/m0/s1. The Kier molecular flexibility index (Phi) is 9.46. The third kappa shape index (κ3) is 7.08. The van der Waals surface area contributed by atoms with Crippen LogP contribution in [0.5, 0.6) is 5.75 Å². The van der Waals surface area contributed by atoms with Crippen LogP contribution >= 0.6 is 0 Å². The van der Waals surface area contributed by atoms with E-state index in [0.717, 1.165) is 54.3 Å². The number of ether oxygens (including phenoxy) is 2. The molecule has 0 aliphatic heterocycles. The summed E-state index contributed by atoms with van der Waals surface area (Å²) >= 11 is 0. The Hall–Kier alpha value is -4.98. The molecule has 1 heterocycles. The number of fused-ring (bicyclic) bond motifs is 4. The van der Waals surface area contributed by atoms with E-state index in [0.29, 0.717) is 35.5 Å². The molecule has 1 aromatic heterocycles. The zero-order chi connectivity index (χ0) is 37.7. The van der Waals surface area contributed by atoms with Crippen molar-refractivity contribution in [1.82, 2.24) is 9.55 Å². The molecule has 0 saturated heterocycles. The van der Waals surface area contributed by atoms with Crippen molar-refractivity contribution < 1.29 is 19.2 Å². The minimum absolute atomic E-state index is 0.0224.